The van der Waals surface area contributed by atoms with Crippen LogP contribution in [-0.2, 0) is 0 Å². The van der Waals surface area contributed by atoms with Gasteiger partial charge in [0.15, 0.2) is 5.82 Å². The Kier molecular flexibility index (Phi) is 3.52. The van der Waals surface area contributed by atoms with Gasteiger partial charge in [-0.1, -0.05) is 12.1 Å². The highest BCUT2D eigenvalue weighted by Gasteiger charge is 2.45. The number of fused-ring (bicyclic) bond motifs is 3. The summed E-state index contributed by atoms with van der Waals surface area (Å²) in [7, 11) is 0. The van der Waals surface area contributed by atoms with Crippen molar-refractivity contribution >= 4 is 17.3 Å². The summed E-state index contributed by atoms with van der Waals surface area (Å²) in [4.78, 5) is 17.5. The third-order valence-electron chi connectivity index (χ3n) is 4.78. The fraction of sp³-hybridized carbons (Fsp3) is 0.176. The molecule has 0 saturated carbocycles. The number of nitrogen functional groups attached to an aromatic ring is 2. The van der Waals surface area contributed by atoms with E-state index >= 15 is 0 Å². The lowest BCUT2D eigenvalue weighted by Crippen LogP contribution is -2.34. The lowest BCUT2D eigenvalue weighted by atomic mass is 9.84. The third-order valence-corrected chi connectivity index (χ3v) is 4.78. The first-order chi connectivity index (χ1) is 12.9. The number of allylic oxidation sites excluding steroid dienone is 1. The number of nitro groups is 1. The molecular weight excluding hydrogens is 350 g/mol. The molecule has 0 radical (unpaired) electrons. The Bertz CT molecular complexity index is 1040. The van der Waals surface area contributed by atoms with Crippen molar-refractivity contribution in [3.8, 4) is 11.8 Å². The highest BCUT2D eigenvalue weighted by Crippen LogP contribution is 2.48. The molecule has 2 aliphatic rings. The number of pyridine rings is 1. The van der Waals surface area contributed by atoms with Gasteiger partial charge in [-0.2, -0.15) is 5.26 Å². The first-order valence-electron chi connectivity index (χ1n) is 8.11. The van der Waals surface area contributed by atoms with Gasteiger partial charge in [0.2, 0.25) is 0 Å². The highest BCUT2D eigenvalue weighted by molar-refractivity contribution is 5.80. The molecule has 0 aliphatic carbocycles. The number of phenolic OH excluding ortho intramolecular Hbond substituents is 1. The van der Waals surface area contributed by atoms with Crippen molar-refractivity contribution in [2.75, 3.05) is 29.5 Å². The molecule has 1 aromatic heterocycles. The summed E-state index contributed by atoms with van der Waals surface area (Å²) >= 11 is 0. The maximum Gasteiger partial charge on any atom is 0.298 e. The minimum atomic E-state index is -0.868. The van der Waals surface area contributed by atoms with E-state index in [2.05, 4.69) is 10.3 Å². The summed E-state index contributed by atoms with van der Waals surface area (Å²) < 4.78 is 0. The quantitative estimate of drug-likeness (QED) is 0.445. The molecule has 4 rings (SSSR count). The molecule has 3 heterocycles. The van der Waals surface area contributed by atoms with Gasteiger partial charge in [-0.3, -0.25) is 10.1 Å². The van der Waals surface area contributed by atoms with Crippen LogP contribution in [0.4, 0.5) is 17.3 Å². The fourth-order valence-corrected chi connectivity index (χ4v) is 3.62. The molecule has 10 nitrogen and oxygen atoms in total. The van der Waals surface area contributed by atoms with Gasteiger partial charge < -0.3 is 26.8 Å². The van der Waals surface area contributed by atoms with E-state index in [0.29, 0.717) is 35.9 Å². The van der Waals surface area contributed by atoms with E-state index in [9.17, 15) is 20.5 Å². The summed E-state index contributed by atoms with van der Waals surface area (Å²) in [6.45, 7) is 0.954. The van der Waals surface area contributed by atoms with Crippen molar-refractivity contribution in [1.29, 1.82) is 5.26 Å². The molecular formula is C17H15N7O3. The second kappa shape index (κ2) is 5.77. The largest absolute Gasteiger partial charge is 0.508 e. The molecule has 27 heavy (non-hydrogen) atoms. The molecule has 0 bridgehead atoms. The lowest BCUT2D eigenvalue weighted by Gasteiger charge is -2.31. The number of hydrogen-bond donors (Lipinski definition) is 4. The van der Waals surface area contributed by atoms with E-state index in [0.717, 1.165) is 0 Å². The van der Waals surface area contributed by atoms with E-state index in [1.807, 2.05) is 6.07 Å². The van der Waals surface area contributed by atoms with Crippen LogP contribution in [0.25, 0.3) is 0 Å². The minimum absolute atomic E-state index is 0.00386. The molecule has 1 unspecified atom stereocenters. The van der Waals surface area contributed by atoms with Gasteiger partial charge in [-0.15, -0.1) is 0 Å². The lowest BCUT2D eigenvalue weighted by molar-refractivity contribution is -0.430. The molecule has 1 fully saturated rings. The SMILES string of the molecule is N#Cc1c(N)nc2c(c1N)C(c1ccc(O)cc1)C([N+](=O)[O-])=C1NCCN12. The number of benzene rings is 1. The second-order valence-corrected chi connectivity index (χ2v) is 6.23. The molecule has 2 aromatic rings. The average molecular weight is 365 g/mol. The first-order valence-corrected chi connectivity index (χ1v) is 8.11. The summed E-state index contributed by atoms with van der Waals surface area (Å²) in [5.74, 6) is -0.122. The number of rotatable bonds is 2. The van der Waals surface area contributed by atoms with Gasteiger partial charge in [0.1, 0.15) is 34.9 Å². The Morgan fingerprint density at radius 1 is 1.37 bits per heavy atom. The number of nitrogens with one attached hydrogen (secondary N) is 1. The van der Waals surface area contributed by atoms with E-state index in [-0.39, 0.29) is 28.5 Å². The van der Waals surface area contributed by atoms with Crippen molar-refractivity contribution < 1.29 is 10.0 Å². The Morgan fingerprint density at radius 3 is 2.70 bits per heavy atom. The van der Waals surface area contributed by atoms with Gasteiger partial charge in [-0.25, -0.2) is 4.98 Å². The predicted molar refractivity (Wildman–Crippen MR) is 97.1 cm³/mol. The van der Waals surface area contributed by atoms with Gasteiger partial charge in [0.25, 0.3) is 5.70 Å². The molecule has 1 saturated heterocycles. The summed E-state index contributed by atoms with van der Waals surface area (Å²) in [6, 6.07) is 7.98. The van der Waals surface area contributed by atoms with Crippen LogP contribution in [0.15, 0.2) is 35.8 Å². The van der Waals surface area contributed by atoms with Crippen LogP contribution in [0.3, 0.4) is 0 Å². The molecule has 2 aliphatic heterocycles. The number of hydrogen-bond acceptors (Lipinski definition) is 9. The van der Waals surface area contributed by atoms with Crippen LogP contribution in [0, 0.1) is 21.4 Å². The van der Waals surface area contributed by atoms with Gasteiger partial charge in [0.05, 0.1) is 10.6 Å². The van der Waals surface area contributed by atoms with Crippen LogP contribution >= 0.6 is 0 Å². The van der Waals surface area contributed by atoms with Crippen LogP contribution in [0.2, 0.25) is 0 Å². The monoisotopic (exact) mass is 365 g/mol. The Morgan fingerprint density at radius 2 is 2.07 bits per heavy atom. The van der Waals surface area contributed by atoms with E-state index in [1.165, 1.54) is 12.1 Å². The van der Waals surface area contributed by atoms with E-state index in [1.54, 1.807) is 17.0 Å². The van der Waals surface area contributed by atoms with Crippen molar-refractivity contribution in [1.82, 2.24) is 10.3 Å². The smallest absolute Gasteiger partial charge is 0.298 e. The minimum Gasteiger partial charge on any atom is -0.508 e. The Labute approximate surface area is 153 Å². The summed E-state index contributed by atoms with van der Waals surface area (Å²) in [5.41, 5.74) is 13.0. The Balaban J connectivity index is 2.08. The topological polar surface area (TPSA) is 167 Å². The van der Waals surface area contributed by atoms with Gasteiger partial charge in [-0.05, 0) is 17.7 Å². The summed E-state index contributed by atoms with van der Waals surface area (Å²) in [6.07, 6.45) is 0. The van der Waals surface area contributed by atoms with Crippen molar-refractivity contribution in [2.45, 2.75) is 5.92 Å². The second-order valence-electron chi connectivity index (χ2n) is 6.23. The number of nitriles is 1. The number of aromatic hydroxyl groups is 1. The molecule has 1 atom stereocenters. The zero-order chi connectivity index (χ0) is 19.3. The van der Waals surface area contributed by atoms with Crippen LogP contribution in [0.5, 0.6) is 5.75 Å². The van der Waals surface area contributed by atoms with E-state index in [4.69, 9.17) is 11.5 Å². The normalized spacial score (nSPS) is 17.7. The van der Waals surface area contributed by atoms with Crippen LogP contribution < -0.4 is 21.7 Å². The van der Waals surface area contributed by atoms with Gasteiger partial charge >= 0.3 is 0 Å². The number of anilines is 3. The van der Waals surface area contributed by atoms with E-state index < -0.39 is 10.8 Å². The van der Waals surface area contributed by atoms with Crippen LogP contribution in [0.1, 0.15) is 22.6 Å². The molecule has 0 amide bonds. The zero-order valence-electron chi connectivity index (χ0n) is 14.0. The molecule has 0 spiro atoms. The molecule has 1 aromatic carbocycles. The number of aromatic nitrogens is 1. The van der Waals surface area contributed by atoms with Crippen molar-refractivity contribution in [2.24, 2.45) is 0 Å². The van der Waals surface area contributed by atoms with Crippen LogP contribution in [-0.4, -0.2) is 28.1 Å². The average Bonchev–Trinajstić information content (AvgIpc) is 3.11. The van der Waals surface area contributed by atoms with Crippen molar-refractivity contribution in [3.63, 3.8) is 0 Å². The summed E-state index contributed by atoms with van der Waals surface area (Å²) in [5, 5.41) is 34.0. The fourth-order valence-electron chi connectivity index (χ4n) is 3.62. The zero-order valence-corrected chi connectivity index (χ0v) is 14.0. The maximum atomic E-state index is 12.0. The number of phenols is 1. The van der Waals surface area contributed by atoms with Crippen molar-refractivity contribution in [3.05, 3.63) is 62.6 Å². The third kappa shape index (κ3) is 2.29. The molecule has 6 N–H and O–H groups in total. The predicted octanol–water partition coefficient (Wildman–Crippen LogP) is 0.824. The Hall–Kier alpha value is -4.00. The maximum absolute atomic E-state index is 12.0. The number of nitrogens with zero attached hydrogens (tertiary/aromatic N) is 4. The highest BCUT2D eigenvalue weighted by atomic mass is 16.6. The molecule has 136 valence electrons. The van der Waals surface area contributed by atoms with Gasteiger partial charge in [0, 0.05) is 18.7 Å². The standard InChI is InChI=1S/C17H15N7O3/c18-7-10-13(19)12-11(8-1-3-9(25)4-2-8)14(24(26)27)17-21-5-6-23(17)16(12)22-15(10)20/h1-4,11,21,25H,5-6H2,(H4,19,20,22). The number of nitrogens with two attached hydrogens (primary N) is 2. The first kappa shape index (κ1) is 16.5. The molecule has 10 heteroatoms.